The lowest BCUT2D eigenvalue weighted by Gasteiger charge is -2.15. The van der Waals surface area contributed by atoms with E-state index >= 15 is 0 Å². The van der Waals surface area contributed by atoms with E-state index in [9.17, 15) is 0 Å². The van der Waals surface area contributed by atoms with Gasteiger partial charge in [-0.3, -0.25) is 0 Å². The minimum absolute atomic E-state index is 0.421. The van der Waals surface area contributed by atoms with Crippen LogP contribution in [0.2, 0.25) is 0 Å². The highest BCUT2D eigenvalue weighted by Gasteiger charge is 2.13. The molecule has 4 heteroatoms. The molecule has 0 radical (unpaired) electrons. The molecule has 0 aliphatic heterocycles. The highest BCUT2D eigenvalue weighted by Crippen LogP contribution is 2.34. The third-order valence-electron chi connectivity index (χ3n) is 4.83. The van der Waals surface area contributed by atoms with Crippen LogP contribution in [0.15, 0.2) is 91.0 Å². The van der Waals surface area contributed by atoms with E-state index in [0.717, 1.165) is 27.8 Å². The Balaban J connectivity index is 1.63. The largest absolute Gasteiger partial charge is 0.473 e. The van der Waals surface area contributed by atoms with Gasteiger partial charge in [-0.05, 0) is 47.4 Å². The summed E-state index contributed by atoms with van der Waals surface area (Å²) < 4.78 is 12.0. The number of nitrogens with zero attached hydrogens (tertiary/aromatic N) is 1. The van der Waals surface area contributed by atoms with Gasteiger partial charge in [0.05, 0.1) is 0 Å². The van der Waals surface area contributed by atoms with E-state index in [-0.39, 0.29) is 0 Å². The summed E-state index contributed by atoms with van der Waals surface area (Å²) in [6.07, 6.45) is 0. The van der Waals surface area contributed by atoms with Crippen molar-refractivity contribution in [2.75, 3.05) is 5.73 Å². The molecule has 0 unspecified atom stereocenters. The van der Waals surface area contributed by atoms with E-state index in [2.05, 4.69) is 11.9 Å². The normalized spacial score (nSPS) is 10.6. The van der Waals surface area contributed by atoms with Crippen LogP contribution in [-0.4, -0.2) is 4.98 Å². The monoisotopic (exact) mass is 396 g/mol. The maximum absolute atomic E-state index is 6.13. The molecule has 4 rings (SSSR count). The average molecular weight is 396 g/mol. The van der Waals surface area contributed by atoms with Crippen molar-refractivity contribution in [2.24, 2.45) is 0 Å². The number of rotatable bonds is 7. The Labute approximate surface area is 176 Å². The molecule has 0 amide bonds. The molecule has 0 bridgehead atoms. The second-order valence-corrected chi connectivity index (χ2v) is 7.13. The maximum atomic E-state index is 6.13. The maximum Gasteiger partial charge on any atom is 0.225 e. The molecule has 3 aromatic carbocycles. The zero-order chi connectivity index (χ0) is 20.8. The molecule has 1 aromatic heterocycles. The van der Waals surface area contributed by atoms with Gasteiger partial charge in [-0.25, -0.2) is 0 Å². The molecule has 0 aliphatic carbocycles. The zero-order valence-electron chi connectivity index (χ0n) is 16.9. The number of ether oxygens (including phenoxy) is 2. The summed E-state index contributed by atoms with van der Waals surface area (Å²) >= 11 is 0. The Bertz CT molecular complexity index is 1110. The lowest BCUT2D eigenvalue weighted by atomic mass is 10.0. The van der Waals surface area contributed by atoms with Crippen LogP contribution in [-0.2, 0) is 13.2 Å². The number of pyridine rings is 1. The molecule has 0 spiro atoms. The topological polar surface area (TPSA) is 57.4 Å². The molecule has 2 N–H and O–H groups in total. The van der Waals surface area contributed by atoms with Gasteiger partial charge in [0.25, 0.3) is 0 Å². The van der Waals surface area contributed by atoms with Crippen LogP contribution >= 0.6 is 0 Å². The van der Waals surface area contributed by atoms with Crippen molar-refractivity contribution in [3.05, 3.63) is 108 Å². The summed E-state index contributed by atoms with van der Waals surface area (Å²) in [6.45, 7) is 2.92. The first kappa shape index (κ1) is 19.5. The zero-order valence-corrected chi connectivity index (χ0v) is 16.9. The fourth-order valence-electron chi connectivity index (χ4n) is 3.21. The van der Waals surface area contributed by atoms with Gasteiger partial charge in [-0.2, -0.15) is 4.98 Å². The fourth-order valence-corrected chi connectivity index (χ4v) is 3.21. The second-order valence-electron chi connectivity index (χ2n) is 7.13. The van der Waals surface area contributed by atoms with E-state index in [0.29, 0.717) is 30.7 Å². The lowest BCUT2D eigenvalue weighted by molar-refractivity contribution is 0.268. The van der Waals surface area contributed by atoms with Crippen LogP contribution in [0.4, 0.5) is 5.69 Å². The van der Waals surface area contributed by atoms with Crippen LogP contribution in [0.25, 0.3) is 11.1 Å². The van der Waals surface area contributed by atoms with Gasteiger partial charge in [-0.15, -0.1) is 0 Å². The van der Waals surface area contributed by atoms with Gasteiger partial charge in [-0.1, -0.05) is 66.7 Å². The Hall–Kier alpha value is -3.79. The van der Waals surface area contributed by atoms with Gasteiger partial charge in [0.15, 0.2) is 0 Å². The first-order chi connectivity index (χ1) is 14.7. The molecule has 4 aromatic rings. The number of aryl methyl sites for hydroxylation is 1. The summed E-state index contributed by atoms with van der Waals surface area (Å²) in [4.78, 5) is 4.66. The Morgan fingerprint density at radius 2 is 1.33 bits per heavy atom. The predicted molar refractivity (Wildman–Crippen MR) is 120 cm³/mol. The highest BCUT2D eigenvalue weighted by atomic mass is 16.5. The van der Waals surface area contributed by atoms with Crippen molar-refractivity contribution in [1.29, 1.82) is 0 Å². The number of benzene rings is 3. The van der Waals surface area contributed by atoms with Crippen molar-refractivity contribution >= 4 is 5.69 Å². The Kier molecular flexibility index (Phi) is 5.95. The summed E-state index contributed by atoms with van der Waals surface area (Å²) in [6, 6.07) is 29.8. The number of anilines is 1. The van der Waals surface area contributed by atoms with Crippen LogP contribution in [0.1, 0.15) is 16.7 Å². The van der Waals surface area contributed by atoms with Crippen LogP contribution in [0.5, 0.6) is 11.8 Å². The Morgan fingerprint density at radius 1 is 0.700 bits per heavy atom. The summed E-state index contributed by atoms with van der Waals surface area (Å²) in [5, 5.41) is 0. The molecule has 30 heavy (non-hydrogen) atoms. The van der Waals surface area contributed by atoms with Gasteiger partial charge in [0, 0.05) is 17.3 Å². The Morgan fingerprint density at radius 3 is 2.00 bits per heavy atom. The van der Waals surface area contributed by atoms with Crippen molar-refractivity contribution in [3.63, 3.8) is 0 Å². The molecule has 150 valence electrons. The molecule has 0 saturated carbocycles. The molecule has 1 heterocycles. The van der Waals surface area contributed by atoms with Crippen LogP contribution in [0, 0.1) is 6.92 Å². The third-order valence-corrected chi connectivity index (χ3v) is 4.83. The standard InChI is InChI=1S/C26H24N2O2/c1-19-12-13-22(27)16-24(19)23-14-15-25(29-17-20-8-4-2-5-9-20)28-26(23)30-18-21-10-6-3-7-11-21/h2-16H,17-18,27H2,1H3. The van der Waals surface area contributed by atoms with Gasteiger partial charge in [0.1, 0.15) is 13.2 Å². The molecule has 0 atom stereocenters. The van der Waals surface area contributed by atoms with E-state index in [1.54, 1.807) is 0 Å². The summed E-state index contributed by atoms with van der Waals surface area (Å²) in [7, 11) is 0. The number of nitrogen functional groups attached to an aromatic ring is 1. The van der Waals surface area contributed by atoms with E-state index in [1.165, 1.54) is 0 Å². The van der Waals surface area contributed by atoms with Crippen molar-refractivity contribution in [2.45, 2.75) is 20.1 Å². The van der Waals surface area contributed by atoms with E-state index in [4.69, 9.17) is 15.2 Å². The van der Waals surface area contributed by atoms with Gasteiger partial charge >= 0.3 is 0 Å². The lowest BCUT2D eigenvalue weighted by Crippen LogP contribution is -2.03. The summed E-state index contributed by atoms with van der Waals surface area (Å²) in [5.41, 5.74) is 11.9. The van der Waals surface area contributed by atoms with Crippen LogP contribution in [0.3, 0.4) is 0 Å². The quantitative estimate of drug-likeness (QED) is 0.401. The van der Waals surface area contributed by atoms with Gasteiger partial charge < -0.3 is 15.2 Å². The fraction of sp³-hybridized carbons (Fsp3) is 0.115. The number of nitrogens with two attached hydrogens (primary N) is 1. The molecule has 4 nitrogen and oxygen atoms in total. The molecule has 0 fully saturated rings. The molecule has 0 aliphatic rings. The van der Waals surface area contributed by atoms with Gasteiger partial charge in [0.2, 0.25) is 11.8 Å². The highest BCUT2D eigenvalue weighted by molar-refractivity contribution is 5.74. The van der Waals surface area contributed by atoms with E-state index < -0.39 is 0 Å². The SMILES string of the molecule is Cc1ccc(N)cc1-c1ccc(OCc2ccccc2)nc1OCc1ccccc1. The minimum Gasteiger partial charge on any atom is -0.473 e. The third kappa shape index (κ3) is 4.78. The average Bonchev–Trinajstić information content (AvgIpc) is 2.79. The number of hydrogen-bond acceptors (Lipinski definition) is 4. The first-order valence-electron chi connectivity index (χ1n) is 9.90. The smallest absolute Gasteiger partial charge is 0.225 e. The first-order valence-corrected chi connectivity index (χ1v) is 9.90. The van der Waals surface area contributed by atoms with Crippen molar-refractivity contribution < 1.29 is 9.47 Å². The van der Waals surface area contributed by atoms with Crippen molar-refractivity contribution in [1.82, 2.24) is 4.98 Å². The number of aromatic nitrogens is 1. The molecular formula is C26H24N2O2. The minimum atomic E-state index is 0.421. The van der Waals surface area contributed by atoms with E-state index in [1.807, 2.05) is 91.0 Å². The van der Waals surface area contributed by atoms with Crippen LogP contribution < -0.4 is 15.2 Å². The second kappa shape index (κ2) is 9.14. The molecular weight excluding hydrogens is 372 g/mol. The predicted octanol–water partition coefficient (Wildman–Crippen LogP) is 5.80. The van der Waals surface area contributed by atoms with Crippen molar-refractivity contribution in [3.8, 4) is 22.9 Å². The molecule has 0 saturated heterocycles. The summed E-state index contributed by atoms with van der Waals surface area (Å²) in [5.74, 6) is 1.05. The number of hydrogen-bond donors (Lipinski definition) is 1.